The van der Waals surface area contributed by atoms with E-state index in [4.69, 9.17) is 27.9 Å². The first kappa shape index (κ1) is 20.9. The molecule has 1 aliphatic heterocycles. The average Bonchev–Trinajstić information content (AvgIpc) is 3.19. The van der Waals surface area contributed by atoms with E-state index in [9.17, 15) is 13.2 Å². The van der Waals surface area contributed by atoms with Crippen molar-refractivity contribution in [2.75, 3.05) is 25.0 Å². The third-order valence-electron chi connectivity index (χ3n) is 4.42. The molecule has 2 aromatic carbocycles. The Kier molecular flexibility index (Phi) is 6.50. The lowest BCUT2D eigenvalue weighted by molar-refractivity contribution is -0.118. The van der Waals surface area contributed by atoms with E-state index in [0.29, 0.717) is 23.8 Å². The van der Waals surface area contributed by atoms with Gasteiger partial charge in [-0.3, -0.25) is 4.79 Å². The molecule has 1 fully saturated rings. The van der Waals surface area contributed by atoms with E-state index in [1.54, 1.807) is 18.2 Å². The van der Waals surface area contributed by atoms with Gasteiger partial charge in [0.05, 0.1) is 9.92 Å². The number of halogens is 2. The van der Waals surface area contributed by atoms with Gasteiger partial charge in [-0.2, -0.15) is 4.31 Å². The number of anilines is 1. The molecule has 0 spiro atoms. The molecule has 0 aliphatic carbocycles. The van der Waals surface area contributed by atoms with Crippen LogP contribution in [0.5, 0.6) is 5.75 Å². The molecule has 2 aromatic rings. The number of benzene rings is 2. The molecule has 0 saturated carbocycles. The first-order valence-electron chi connectivity index (χ1n) is 8.76. The third-order valence-corrected chi connectivity index (χ3v) is 7.02. The normalized spacial score (nSPS) is 14.8. The van der Waals surface area contributed by atoms with Crippen LogP contribution in [0, 0.1) is 6.92 Å². The van der Waals surface area contributed by atoms with Gasteiger partial charge in [0.2, 0.25) is 10.0 Å². The molecule has 0 atom stereocenters. The lowest BCUT2D eigenvalue weighted by Gasteiger charge is -2.16. The topological polar surface area (TPSA) is 75.7 Å². The minimum atomic E-state index is -3.56. The number of amides is 1. The molecule has 150 valence electrons. The van der Waals surface area contributed by atoms with Crippen molar-refractivity contribution in [2.24, 2.45) is 0 Å². The monoisotopic (exact) mass is 442 g/mol. The highest BCUT2D eigenvalue weighted by Crippen LogP contribution is 2.30. The van der Waals surface area contributed by atoms with Gasteiger partial charge in [0, 0.05) is 23.8 Å². The van der Waals surface area contributed by atoms with Crippen molar-refractivity contribution >= 4 is 44.8 Å². The molecule has 6 nitrogen and oxygen atoms in total. The molecule has 1 N–H and O–H groups in total. The smallest absolute Gasteiger partial charge is 0.262 e. The average molecular weight is 443 g/mol. The Morgan fingerprint density at radius 3 is 2.46 bits per heavy atom. The quantitative estimate of drug-likeness (QED) is 0.730. The molecular weight excluding hydrogens is 423 g/mol. The fourth-order valence-electron chi connectivity index (χ4n) is 2.85. The molecule has 0 unspecified atom stereocenters. The van der Waals surface area contributed by atoms with Crippen molar-refractivity contribution in [1.29, 1.82) is 0 Å². The maximum absolute atomic E-state index is 12.6. The molecule has 1 saturated heterocycles. The zero-order valence-corrected chi connectivity index (χ0v) is 17.6. The molecule has 0 aromatic heterocycles. The van der Waals surface area contributed by atoms with Crippen molar-refractivity contribution in [1.82, 2.24) is 4.31 Å². The second-order valence-corrected chi connectivity index (χ2v) is 9.26. The summed E-state index contributed by atoms with van der Waals surface area (Å²) in [7, 11) is -3.56. The fourth-order valence-corrected chi connectivity index (χ4v) is 4.87. The lowest BCUT2D eigenvalue weighted by atomic mass is 10.2. The molecule has 3 rings (SSSR count). The van der Waals surface area contributed by atoms with Crippen molar-refractivity contribution in [3.8, 4) is 5.75 Å². The van der Waals surface area contributed by atoms with E-state index in [1.807, 2.05) is 6.92 Å². The summed E-state index contributed by atoms with van der Waals surface area (Å²) in [5, 5.41) is 3.36. The SMILES string of the molecule is Cc1ccc(NC(=O)COc2ccc(S(=O)(=O)N3CCCC3)cc2Cl)cc1Cl. The maximum Gasteiger partial charge on any atom is 0.262 e. The van der Waals surface area contributed by atoms with Gasteiger partial charge in [0.15, 0.2) is 6.61 Å². The number of ether oxygens (including phenoxy) is 1. The van der Waals surface area contributed by atoms with Crippen molar-refractivity contribution in [3.63, 3.8) is 0 Å². The summed E-state index contributed by atoms with van der Waals surface area (Å²) in [6.45, 7) is 2.62. The predicted molar refractivity (Wildman–Crippen MR) is 110 cm³/mol. The van der Waals surface area contributed by atoms with Crippen LogP contribution in [0.25, 0.3) is 0 Å². The molecule has 28 heavy (non-hydrogen) atoms. The van der Waals surface area contributed by atoms with Gasteiger partial charge in [-0.1, -0.05) is 29.3 Å². The van der Waals surface area contributed by atoms with Gasteiger partial charge in [-0.05, 0) is 55.7 Å². The van der Waals surface area contributed by atoms with Crippen LogP contribution in [-0.2, 0) is 14.8 Å². The molecule has 1 aliphatic rings. The van der Waals surface area contributed by atoms with Crippen LogP contribution >= 0.6 is 23.2 Å². The second kappa shape index (κ2) is 8.69. The predicted octanol–water partition coefficient (Wildman–Crippen LogP) is 4.10. The first-order valence-corrected chi connectivity index (χ1v) is 11.0. The highest BCUT2D eigenvalue weighted by molar-refractivity contribution is 7.89. The van der Waals surface area contributed by atoms with Crippen LogP contribution in [0.1, 0.15) is 18.4 Å². The maximum atomic E-state index is 12.6. The van der Waals surface area contributed by atoms with Crippen molar-refractivity contribution < 1.29 is 17.9 Å². The Morgan fingerprint density at radius 1 is 1.11 bits per heavy atom. The van der Waals surface area contributed by atoms with Crippen LogP contribution in [0.15, 0.2) is 41.3 Å². The largest absolute Gasteiger partial charge is 0.482 e. The van der Waals surface area contributed by atoms with Gasteiger partial charge in [-0.15, -0.1) is 0 Å². The van der Waals surface area contributed by atoms with Crippen molar-refractivity contribution in [3.05, 3.63) is 52.0 Å². The number of hydrogen-bond donors (Lipinski definition) is 1. The summed E-state index contributed by atoms with van der Waals surface area (Å²) < 4.78 is 32.0. The van der Waals surface area contributed by atoms with Gasteiger partial charge >= 0.3 is 0 Å². The number of carbonyl (C=O) groups is 1. The molecule has 1 amide bonds. The number of nitrogens with zero attached hydrogens (tertiary/aromatic N) is 1. The van der Waals surface area contributed by atoms with Crippen LogP contribution in [0.3, 0.4) is 0 Å². The minimum absolute atomic E-state index is 0.116. The first-order chi connectivity index (χ1) is 13.3. The van der Waals surface area contributed by atoms with E-state index < -0.39 is 10.0 Å². The molecular formula is C19H20Cl2N2O4S. The Morgan fingerprint density at radius 2 is 1.82 bits per heavy atom. The Balaban J connectivity index is 1.63. The van der Waals surface area contributed by atoms with E-state index in [2.05, 4.69) is 5.32 Å². The number of nitrogens with one attached hydrogen (secondary N) is 1. The summed E-state index contributed by atoms with van der Waals surface area (Å²) in [5.41, 5.74) is 1.47. The molecule has 0 bridgehead atoms. The summed E-state index contributed by atoms with van der Waals surface area (Å²) in [5.74, 6) is -0.149. The zero-order valence-electron chi connectivity index (χ0n) is 15.2. The van der Waals surface area contributed by atoms with Crippen LogP contribution in [0.4, 0.5) is 5.69 Å². The summed E-state index contributed by atoms with van der Waals surface area (Å²) >= 11 is 12.2. The van der Waals surface area contributed by atoms with Crippen LogP contribution in [-0.4, -0.2) is 38.3 Å². The highest BCUT2D eigenvalue weighted by atomic mass is 35.5. The standard InChI is InChI=1S/C19H20Cl2N2O4S/c1-13-4-5-14(10-16(13)20)22-19(24)12-27-18-7-6-15(11-17(18)21)28(25,26)23-8-2-3-9-23/h4-7,10-11H,2-3,8-9,12H2,1H3,(H,22,24). The molecule has 9 heteroatoms. The highest BCUT2D eigenvalue weighted by Gasteiger charge is 2.27. The molecule has 1 heterocycles. The Bertz CT molecular complexity index is 989. The fraction of sp³-hybridized carbons (Fsp3) is 0.316. The Labute approximate surface area is 174 Å². The van der Waals surface area contributed by atoms with Gasteiger partial charge in [-0.25, -0.2) is 8.42 Å². The third kappa shape index (κ3) is 4.78. The second-order valence-electron chi connectivity index (χ2n) is 6.50. The summed E-state index contributed by atoms with van der Waals surface area (Å²) in [6, 6.07) is 9.44. The van der Waals surface area contributed by atoms with E-state index in [-0.39, 0.29) is 28.2 Å². The zero-order chi connectivity index (χ0) is 20.3. The molecule has 0 radical (unpaired) electrons. The minimum Gasteiger partial charge on any atom is -0.482 e. The van der Waals surface area contributed by atoms with Gasteiger partial charge < -0.3 is 10.1 Å². The summed E-state index contributed by atoms with van der Waals surface area (Å²) in [6.07, 6.45) is 1.71. The summed E-state index contributed by atoms with van der Waals surface area (Å²) in [4.78, 5) is 12.2. The van der Waals surface area contributed by atoms with E-state index in [1.165, 1.54) is 22.5 Å². The number of rotatable bonds is 6. The number of carbonyl (C=O) groups excluding carboxylic acids is 1. The lowest BCUT2D eigenvalue weighted by Crippen LogP contribution is -2.27. The van der Waals surface area contributed by atoms with Crippen LogP contribution in [0.2, 0.25) is 10.0 Å². The number of aryl methyl sites for hydroxylation is 1. The van der Waals surface area contributed by atoms with Gasteiger partial charge in [0.1, 0.15) is 5.75 Å². The van der Waals surface area contributed by atoms with E-state index >= 15 is 0 Å². The van der Waals surface area contributed by atoms with Crippen molar-refractivity contribution in [2.45, 2.75) is 24.7 Å². The van der Waals surface area contributed by atoms with E-state index in [0.717, 1.165) is 18.4 Å². The number of sulfonamides is 1. The van der Waals surface area contributed by atoms with Gasteiger partial charge in [0.25, 0.3) is 5.91 Å². The Hall–Kier alpha value is -1.80. The number of hydrogen-bond acceptors (Lipinski definition) is 4. The van der Waals surface area contributed by atoms with Crippen LogP contribution < -0.4 is 10.1 Å².